The van der Waals surface area contributed by atoms with E-state index in [1.54, 1.807) is 48.5 Å². The molecule has 0 N–H and O–H groups in total. The van der Waals surface area contributed by atoms with Crippen LogP contribution in [0.25, 0.3) is 6.08 Å². The minimum Gasteiger partial charge on any atom is -0.493 e. The number of esters is 1. The summed E-state index contributed by atoms with van der Waals surface area (Å²) in [4.78, 5) is 31.7. The van der Waals surface area contributed by atoms with Crippen molar-refractivity contribution >= 4 is 46.6 Å². The number of hydrogen-bond acceptors (Lipinski definition) is 9. The lowest BCUT2D eigenvalue weighted by atomic mass is 9.97. The van der Waals surface area contributed by atoms with Crippen LogP contribution >= 0.6 is 34.5 Å². The number of aromatic nitrogens is 1. The van der Waals surface area contributed by atoms with E-state index >= 15 is 0 Å². The zero-order valence-corrected chi connectivity index (χ0v) is 27.3. The quantitative estimate of drug-likeness (QED) is 0.189. The van der Waals surface area contributed by atoms with Crippen LogP contribution in [0.2, 0.25) is 10.0 Å². The summed E-state index contributed by atoms with van der Waals surface area (Å²) in [6.45, 7) is 4.86. The Balaban J connectivity index is 1.56. The van der Waals surface area contributed by atoms with Gasteiger partial charge >= 0.3 is 5.97 Å². The molecule has 1 atom stereocenters. The molecule has 0 aliphatic carbocycles. The molecule has 0 spiro atoms. The number of rotatable bonds is 11. The highest BCUT2D eigenvalue weighted by molar-refractivity contribution is 7.07. The summed E-state index contributed by atoms with van der Waals surface area (Å²) in [6, 6.07) is 15.2. The summed E-state index contributed by atoms with van der Waals surface area (Å²) in [5, 5.41) is 0.942. The van der Waals surface area contributed by atoms with Crippen molar-refractivity contribution in [1.82, 2.24) is 4.57 Å². The summed E-state index contributed by atoms with van der Waals surface area (Å²) >= 11 is 13.8. The minimum atomic E-state index is -0.812. The van der Waals surface area contributed by atoms with E-state index in [-0.39, 0.29) is 17.7 Å². The number of carbonyl (C=O) groups excluding carboxylic acids is 1. The molecule has 0 fully saturated rings. The van der Waals surface area contributed by atoms with Crippen molar-refractivity contribution in [2.75, 3.05) is 27.4 Å². The smallest absolute Gasteiger partial charge is 0.337 e. The highest BCUT2D eigenvalue weighted by Gasteiger charge is 2.31. The van der Waals surface area contributed by atoms with E-state index in [9.17, 15) is 9.59 Å². The topological polar surface area (TPSA) is 97.6 Å². The molecule has 0 amide bonds. The first-order chi connectivity index (χ1) is 21.8. The molecule has 2 heterocycles. The fraction of sp³-hybridized carbons (Fsp3) is 0.242. The van der Waals surface area contributed by atoms with Gasteiger partial charge < -0.3 is 23.7 Å². The number of ether oxygens (including phenoxy) is 5. The van der Waals surface area contributed by atoms with Gasteiger partial charge in [-0.2, -0.15) is 0 Å². The molecule has 5 rings (SSSR count). The number of thiazole rings is 1. The maximum absolute atomic E-state index is 14.0. The van der Waals surface area contributed by atoms with Gasteiger partial charge in [-0.3, -0.25) is 9.36 Å². The van der Waals surface area contributed by atoms with Crippen LogP contribution in [-0.2, 0) is 16.1 Å². The molecule has 1 aromatic heterocycles. The second-order valence-electron chi connectivity index (χ2n) is 9.70. The number of halogens is 2. The molecule has 3 aromatic carbocycles. The maximum atomic E-state index is 14.0. The van der Waals surface area contributed by atoms with Crippen LogP contribution in [-0.4, -0.2) is 38.0 Å². The lowest BCUT2D eigenvalue weighted by Crippen LogP contribution is -2.39. The van der Waals surface area contributed by atoms with Crippen LogP contribution in [0, 0.1) is 0 Å². The van der Waals surface area contributed by atoms with Crippen LogP contribution in [0.15, 0.2) is 76.2 Å². The van der Waals surface area contributed by atoms with Crippen molar-refractivity contribution in [1.29, 1.82) is 0 Å². The van der Waals surface area contributed by atoms with Crippen molar-refractivity contribution in [3.63, 3.8) is 0 Å². The van der Waals surface area contributed by atoms with Crippen molar-refractivity contribution in [3.8, 4) is 23.0 Å². The largest absolute Gasteiger partial charge is 0.493 e. The van der Waals surface area contributed by atoms with E-state index in [1.165, 1.54) is 36.3 Å². The molecule has 0 saturated heterocycles. The van der Waals surface area contributed by atoms with Crippen LogP contribution in [0.5, 0.6) is 23.0 Å². The lowest BCUT2D eigenvalue weighted by molar-refractivity contribution is -0.136. The Morgan fingerprint density at radius 2 is 1.69 bits per heavy atom. The van der Waals surface area contributed by atoms with Crippen LogP contribution < -0.4 is 33.8 Å². The monoisotopic (exact) mass is 668 g/mol. The molecule has 9 nitrogen and oxygen atoms in total. The van der Waals surface area contributed by atoms with Gasteiger partial charge in [0.2, 0.25) is 0 Å². The van der Waals surface area contributed by atoms with E-state index in [0.717, 1.165) is 5.56 Å². The first kappa shape index (κ1) is 32.2. The zero-order valence-electron chi connectivity index (χ0n) is 25.0. The molecule has 0 bridgehead atoms. The minimum absolute atomic E-state index is 0.204. The standard InChI is InChI=1S/C33H30Cl2N2O7S/c1-5-42-25-12-9-21(16-26(25)43-6-2)29-23(32(39)41-4)17-36-33-37(29)31(38)28(45-33)15-20-13-24(35)30(27(14-20)40-3)44-18-19-7-10-22(34)11-8-19/h7-17,29H,5-6,18H2,1-4H3/b28-15-/t29-/m0/s1. The highest BCUT2D eigenvalue weighted by Crippen LogP contribution is 2.38. The summed E-state index contributed by atoms with van der Waals surface area (Å²) in [6.07, 6.45) is 3.14. The molecule has 0 radical (unpaired) electrons. The Kier molecular flexibility index (Phi) is 10.2. The van der Waals surface area contributed by atoms with Crippen molar-refractivity contribution in [2.45, 2.75) is 26.5 Å². The Bertz CT molecular complexity index is 1930. The van der Waals surface area contributed by atoms with Crippen LogP contribution in [0.4, 0.5) is 0 Å². The first-order valence-electron chi connectivity index (χ1n) is 14.0. The number of methoxy groups -OCH3 is 2. The van der Waals surface area contributed by atoms with E-state index in [1.807, 2.05) is 26.0 Å². The first-order valence-corrected chi connectivity index (χ1v) is 15.6. The average Bonchev–Trinajstić information content (AvgIpc) is 3.35. The van der Waals surface area contributed by atoms with Crippen molar-refractivity contribution < 1.29 is 28.5 Å². The van der Waals surface area contributed by atoms with Crippen LogP contribution in [0.1, 0.15) is 36.6 Å². The Labute approximate surface area is 273 Å². The third-order valence-electron chi connectivity index (χ3n) is 6.85. The number of nitrogens with zero attached hydrogens (tertiary/aromatic N) is 2. The lowest BCUT2D eigenvalue weighted by Gasteiger charge is -2.23. The van der Waals surface area contributed by atoms with Gasteiger partial charge in [-0.25, -0.2) is 9.79 Å². The zero-order chi connectivity index (χ0) is 32.1. The normalized spacial score (nSPS) is 14.2. The summed E-state index contributed by atoms with van der Waals surface area (Å²) in [5.74, 6) is 1.23. The van der Waals surface area contributed by atoms with Gasteiger partial charge in [-0.1, -0.05) is 52.7 Å². The Morgan fingerprint density at radius 1 is 0.956 bits per heavy atom. The molecular weight excluding hydrogens is 639 g/mol. The van der Waals surface area contributed by atoms with Gasteiger partial charge in [0.1, 0.15) is 6.61 Å². The Morgan fingerprint density at radius 3 is 2.38 bits per heavy atom. The second kappa shape index (κ2) is 14.2. The molecule has 234 valence electrons. The highest BCUT2D eigenvalue weighted by atomic mass is 35.5. The Hall–Kier alpha value is -4.25. The molecule has 12 heteroatoms. The fourth-order valence-corrected chi connectivity index (χ4v) is 6.21. The molecule has 0 saturated carbocycles. The van der Waals surface area contributed by atoms with Crippen molar-refractivity contribution in [2.24, 2.45) is 4.99 Å². The number of benzene rings is 3. The third-order valence-corrected chi connectivity index (χ3v) is 8.38. The van der Waals surface area contributed by atoms with Gasteiger partial charge in [0.15, 0.2) is 27.8 Å². The van der Waals surface area contributed by atoms with Gasteiger partial charge in [0.25, 0.3) is 5.56 Å². The average molecular weight is 670 g/mol. The molecule has 45 heavy (non-hydrogen) atoms. The third kappa shape index (κ3) is 6.88. The van der Waals surface area contributed by atoms with Gasteiger partial charge in [0.05, 0.1) is 48.6 Å². The molecular formula is C33H30Cl2N2O7S. The molecule has 0 unspecified atom stereocenters. The summed E-state index contributed by atoms with van der Waals surface area (Å²) < 4.78 is 30.0. The van der Waals surface area contributed by atoms with E-state index in [4.69, 9.17) is 46.9 Å². The fourth-order valence-electron chi connectivity index (χ4n) is 4.84. The summed E-state index contributed by atoms with van der Waals surface area (Å²) in [7, 11) is 2.80. The van der Waals surface area contributed by atoms with Gasteiger partial charge in [0, 0.05) is 11.2 Å². The predicted octanol–water partition coefficient (Wildman–Crippen LogP) is 5.71. The molecule has 1 aliphatic heterocycles. The van der Waals surface area contributed by atoms with E-state index < -0.39 is 12.0 Å². The van der Waals surface area contributed by atoms with Crippen molar-refractivity contribution in [3.05, 3.63) is 113 Å². The maximum Gasteiger partial charge on any atom is 0.337 e. The number of carbonyl (C=O) groups is 1. The number of fused-ring (bicyclic) bond motifs is 1. The molecule has 4 aromatic rings. The predicted molar refractivity (Wildman–Crippen MR) is 174 cm³/mol. The second-order valence-corrected chi connectivity index (χ2v) is 11.6. The van der Waals surface area contributed by atoms with Gasteiger partial charge in [-0.05, 0) is 73.0 Å². The van der Waals surface area contributed by atoms with E-state index in [0.29, 0.717) is 66.7 Å². The molecule has 1 aliphatic rings. The number of hydrogen-bond donors (Lipinski definition) is 0. The van der Waals surface area contributed by atoms with Gasteiger partial charge in [-0.15, -0.1) is 0 Å². The van der Waals surface area contributed by atoms with E-state index in [2.05, 4.69) is 4.99 Å². The SMILES string of the molecule is CCOc1ccc([C@H]2C(C(=O)OC)=CN=c3s/c(=C\c4cc(Cl)c(OCc5ccc(Cl)cc5)c(OC)c4)c(=O)n32)cc1OCC. The summed E-state index contributed by atoms with van der Waals surface area (Å²) in [5.41, 5.74) is 2.01. The van der Waals surface area contributed by atoms with Crippen LogP contribution in [0.3, 0.4) is 0 Å².